The molecule has 78 valence electrons. The van der Waals surface area contributed by atoms with Gasteiger partial charge in [0, 0.05) is 12.8 Å². The molecule has 0 heterocycles. The van der Waals surface area contributed by atoms with Crippen LogP contribution in [0.15, 0.2) is 0 Å². The van der Waals surface area contributed by atoms with E-state index in [1.807, 2.05) is 0 Å². The van der Waals surface area contributed by atoms with E-state index < -0.39 is 16.0 Å². The summed E-state index contributed by atoms with van der Waals surface area (Å²) in [5, 5.41) is 0. The number of hydrogen-bond acceptors (Lipinski definition) is 3. The van der Waals surface area contributed by atoms with Gasteiger partial charge in [0.1, 0.15) is 0 Å². The first kappa shape index (κ1) is 10.8. The Morgan fingerprint density at radius 2 is 2.15 bits per heavy atom. The molecule has 0 N–H and O–H groups in total. The van der Waals surface area contributed by atoms with E-state index in [9.17, 15) is 17.2 Å². The average molecular weight is 214 g/mol. The molecule has 0 amide bonds. The van der Waals surface area contributed by atoms with Crippen LogP contribution in [0.4, 0.5) is 8.78 Å². The first-order chi connectivity index (χ1) is 5.79. The first-order valence-corrected chi connectivity index (χ1v) is 5.82. The Bertz CT molecular complexity index is 273. The van der Waals surface area contributed by atoms with Gasteiger partial charge in [-0.05, 0) is 12.3 Å². The molecule has 1 aliphatic carbocycles. The second kappa shape index (κ2) is 3.49. The molecule has 1 rings (SSSR count). The van der Waals surface area contributed by atoms with Gasteiger partial charge in [-0.1, -0.05) is 0 Å². The highest BCUT2D eigenvalue weighted by Crippen LogP contribution is 2.38. The Morgan fingerprint density at radius 3 is 2.54 bits per heavy atom. The van der Waals surface area contributed by atoms with Crippen LogP contribution in [0.3, 0.4) is 0 Å². The van der Waals surface area contributed by atoms with Crippen molar-refractivity contribution >= 4 is 10.1 Å². The normalized spacial score (nSPS) is 27.8. The van der Waals surface area contributed by atoms with Gasteiger partial charge in [-0.3, -0.25) is 4.18 Å². The molecule has 13 heavy (non-hydrogen) atoms. The van der Waals surface area contributed by atoms with Crippen LogP contribution >= 0.6 is 0 Å². The fourth-order valence-corrected chi connectivity index (χ4v) is 1.84. The van der Waals surface area contributed by atoms with E-state index in [0.717, 1.165) is 6.26 Å². The van der Waals surface area contributed by atoms with Crippen LogP contribution in [0.5, 0.6) is 0 Å². The molecule has 0 saturated heterocycles. The van der Waals surface area contributed by atoms with Gasteiger partial charge in [-0.15, -0.1) is 0 Å². The fraction of sp³-hybridized carbons (Fsp3) is 1.00. The van der Waals surface area contributed by atoms with Crippen molar-refractivity contribution in [3.8, 4) is 0 Å². The van der Waals surface area contributed by atoms with Gasteiger partial charge in [0.05, 0.1) is 12.9 Å². The third kappa shape index (κ3) is 3.99. The van der Waals surface area contributed by atoms with Crippen molar-refractivity contribution in [3.63, 3.8) is 0 Å². The highest BCUT2D eigenvalue weighted by molar-refractivity contribution is 7.85. The maximum atomic E-state index is 12.6. The highest BCUT2D eigenvalue weighted by Gasteiger charge is 2.39. The lowest BCUT2D eigenvalue weighted by molar-refractivity contribution is 0.00301. The zero-order valence-electron chi connectivity index (χ0n) is 7.29. The summed E-state index contributed by atoms with van der Waals surface area (Å²) in [4.78, 5) is 0. The van der Waals surface area contributed by atoms with Crippen LogP contribution in [0.25, 0.3) is 0 Å². The molecule has 0 aromatic carbocycles. The highest BCUT2D eigenvalue weighted by atomic mass is 32.2. The Labute approximate surface area is 76.2 Å². The van der Waals surface area contributed by atoms with E-state index >= 15 is 0 Å². The molecule has 1 atom stereocenters. The Hall–Kier alpha value is -0.230. The molecular formula is C7H12F2O3S. The van der Waals surface area contributed by atoms with E-state index in [-0.39, 0.29) is 25.4 Å². The van der Waals surface area contributed by atoms with Crippen molar-refractivity contribution in [2.24, 2.45) is 5.92 Å². The number of halogens is 2. The topological polar surface area (TPSA) is 43.4 Å². The second-order valence-corrected chi connectivity index (χ2v) is 5.10. The summed E-state index contributed by atoms with van der Waals surface area (Å²) < 4.78 is 50.7. The van der Waals surface area contributed by atoms with Crippen LogP contribution in [0.1, 0.15) is 19.3 Å². The quantitative estimate of drug-likeness (QED) is 0.667. The summed E-state index contributed by atoms with van der Waals surface area (Å²) in [5.41, 5.74) is 0. The predicted molar refractivity (Wildman–Crippen MR) is 43.1 cm³/mol. The van der Waals surface area contributed by atoms with E-state index in [4.69, 9.17) is 0 Å². The zero-order valence-corrected chi connectivity index (χ0v) is 8.11. The minimum absolute atomic E-state index is 0.117. The minimum atomic E-state index is -3.49. The molecule has 1 fully saturated rings. The van der Waals surface area contributed by atoms with E-state index in [1.54, 1.807) is 0 Å². The lowest BCUT2D eigenvalue weighted by Crippen LogP contribution is -2.14. The number of hydrogen-bond donors (Lipinski definition) is 0. The lowest BCUT2D eigenvalue weighted by Gasteiger charge is -2.09. The zero-order chi connectivity index (χ0) is 10.1. The summed E-state index contributed by atoms with van der Waals surface area (Å²) in [6.07, 6.45) is 0.829. The van der Waals surface area contributed by atoms with Crippen molar-refractivity contribution in [1.29, 1.82) is 0 Å². The summed E-state index contributed by atoms with van der Waals surface area (Å²) in [6.45, 7) is -0.117. The summed E-state index contributed by atoms with van der Waals surface area (Å²) >= 11 is 0. The van der Waals surface area contributed by atoms with Gasteiger partial charge in [-0.2, -0.15) is 8.42 Å². The molecule has 0 aliphatic heterocycles. The van der Waals surface area contributed by atoms with Gasteiger partial charge >= 0.3 is 0 Å². The van der Waals surface area contributed by atoms with E-state index in [0.29, 0.717) is 6.42 Å². The molecule has 0 radical (unpaired) electrons. The van der Waals surface area contributed by atoms with E-state index in [1.165, 1.54) is 0 Å². The van der Waals surface area contributed by atoms with Crippen LogP contribution in [-0.4, -0.2) is 27.2 Å². The molecule has 0 aromatic heterocycles. The van der Waals surface area contributed by atoms with Crippen LogP contribution < -0.4 is 0 Å². The standard InChI is InChI=1S/C7H12F2O3S/c1-13(10,11)12-5-6-2-3-7(8,9)4-6/h6H,2-5H2,1H3/t6-/m1/s1. The van der Waals surface area contributed by atoms with Crippen molar-refractivity contribution < 1.29 is 21.4 Å². The molecule has 0 unspecified atom stereocenters. The SMILES string of the molecule is CS(=O)(=O)OC[C@@H]1CCC(F)(F)C1. The maximum Gasteiger partial charge on any atom is 0.264 e. The summed E-state index contributed by atoms with van der Waals surface area (Å²) in [5.74, 6) is -2.96. The van der Waals surface area contributed by atoms with Crippen LogP contribution in [-0.2, 0) is 14.3 Å². The molecule has 0 aromatic rings. The second-order valence-electron chi connectivity index (χ2n) is 3.45. The molecule has 6 heteroatoms. The smallest absolute Gasteiger partial charge is 0.264 e. The monoisotopic (exact) mass is 214 g/mol. The third-order valence-electron chi connectivity index (χ3n) is 2.02. The Morgan fingerprint density at radius 1 is 1.54 bits per heavy atom. The predicted octanol–water partition coefficient (Wildman–Crippen LogP) is 1.40. The van der Waals surface area contributed by atoms with Crippen molar-refractivity contribution in [2.75, 3.05) is 12.9 Å². The fourth-order valence-electron chi connectivity index (χ4n) is 1.40. The van der Waals surface area contributed by atoms with Crippen molar-refractivity contribution in [1.82, 2.24) is 0 Å². The Balaban J connectivity index is 2.34. The van der Waals surface area contributed by atoms with Gasteiger partial charge in [0.2, 0.25) is 5.92 Å². The number of rotatable bonds is 3. The molecule has 0 bridgehead atoms. The molecule has 1 saturated carbocycles. The maximum absolute atomic E-state index is 12.6. The lowest BCUT2D eigenvalue weighted by atomic mass is 10.1. The molecule has 1 aliphatic rings. The van der Waals surface area contributed by atoms with Gasteiger partial charge < -0.3 is 0 Å². The molecule has 0 spiro atoms. The average Bonchev–Trinajstić information content (AvgIpc) is 2.24. The summed E-state index contributed by atoms with van der Waals surface area (Å²) in [6, 6.07) is 0. The third-order valence-corrected chi connectivity index (χ3v) is 2.59. The van der Waals surface area contributed by atoms with Gasteiger partial charge in [0.25, 0.3) is 10.1 Å². The Kier molecular flexibility index (Phi) is 2.91. The van der Waals surface area contributed by atoms with Crippen LogP contribution in [0, 0.1) is 5.92 Å². The van der Waals surface area contributed by atoms with Crippen molar-refractivity contribution in [2.45, 2.75) is 25.2 Å². The van der Waals surface area contributed by atoms with Gasteiger partial charge in [-0.25, -0.2) is 8.78 Å². The van der Waals surface area contributed by atoms with Crippen LogP contribution in [0.2, 0.25) is 0 Å². The summed E-state index contributed by atoms with van der Waals surface area (Å²) in [7, 11) is -3.49. The first-order valence-electron chi connectivity index (χ1n) is 4.01. The minimum Gasteiger partial charge on any atom is -0.270 e. The molecular weight excluding hydrogens is 202 g/mol. The largest absolute Gasteiger partial charge is 0.270 e. The van der Waals surface area contributed by atoms with E-state index in [2.05, 4.69) is 4.18 Å². The van der Waals surface area contributed by atoms with Crippen molar-refractivity contribution in [3.05, 3.63) is 0 Å². The van der Waals surface area contributed by atoms with Gasteiger partial charge in [0.15, 0.2) is 0 Å². The number of alkyl halides is 2. The molecule has 3 nitrogen and oxygen atoms in total.